The van der Waals surface area contributed by atoms with E-state index in [2.05, 4.69) is 15.9 Å². The summed E-state index contributed by atoms with van der Waals surface area (Å²) in [4.78, 5) is 11.4. The summed E-state index contributed by atoms with van der Waals surface area (Å²) in [5.41, 5.74) is 0. The summed E-state index contributed by atoms with van der Waals surface area (Å²) in [6, 6.07) is 1.86. The molecule has 1 aromatic rings. The van der Waals surface area contributed by atoms with Crippen molar-refractivity contribution < 1.29 is 18.3 Å². The van der Waals surface area contributed by atoms with Crippen LogP contribution in [0.1, 0.15) is 11.3 Å². The van der Waals surface area contributed by atoms with Crippen molar-refractivity contribution in [3.63, 3.8) is 0 Å². The van der Waals surface area contributed by atoms with Gasteiger partial charge in [-0.05, 0) is 22.0 Å². The minimum absolute atomic E-state index is 0.0455. The summed E-state index contributed by atoms with van der Waals surface area (Å²) in [7, 11) is -0.782. The van der Waals surface area contributed by atoms with E-state index in [0.717, 1.165) is 13.7 Å². The molecule has 0 aliphatic heterocycles. The summed E-state index contributed by atoms with van der Waals surface area (Å²) in [5.74, 6) is -1.02. The molecule has 0 spiro atoms. The Bertz CT molecular complexity index is 543. The standard InChI is InChI=1S/C10H15BrN2O4S2/c1-12(4-3-10(14)15)19(16,17)13(2)6-9-5-8(11)7-18-9/h5,7H,3-4,6H2,1-2H3,(H,14,15). The molecule has 0 aliphatic rings. The van der Waals surface area contributed by atoms with Gasteiger partial charge in [-0.2, -0.15) is 17.0 Å². The van der Waals surface area contributed by atoms with Gasteiger partial charge in [-0.1, -0.05) is 0 Å². The van der Waals surface area contributed by atoms with Gasteiger partial charge in [0.05, 0.1) is 6.42 Å². The molecule has 0 atom stereocenters. The van der Waals surface area contributed by atoms with Crippen molar-refractivity contribution in [2.24, 2.45) is 0 Å². The normalized spacial score (nSPS) is 12.3. The van der Waals surface area contributed by atoms with Crippen molar-refractivity contribution in [3.05, 3.63) is 20.8 Å². The number of thiophene rings is 1. The molecule has 1 heterocycles. The molecule has 0 unspecified atom stereocenters. The van der Waals surface area contributed by atoms with E-state index < -0.39 is 16.2 Å². The van der Waals surface area contributed by atoms with Crippen LogP contribution < -0.4 is 0 Å². The van der Waals surface area contributed by atoms with Gasteiger partial charge in [-0.25, -0.2) is 0 Å². The van der Waals surface area contributed by atoms with E-state index in [9.17, 15) is 13.2 Å². The van der Waals surface area contributed by atoms with Crippen LogP contribution in [0.5, 0.6) is 0 Å². The van der Waals surface area contributed by atoms with E-state index in [1.165, 1.54) is 29.7 Å². The van der Waals surface area contributed by atoms with E-state index in [0.29, 0.717) is 0 Å². The van der Waals surface area contributed by atoms with Crippen molar-refractivity contribution >= 4 is 43.4 Å². The number of hydrogen-bond donors (Lipinski definition) is 1. The van der Waals surface area contributed by atoms with Crippen LogP contribution in [0.2, 0.25) is 0 Å². The van der Waals surface area contributed by atoms with Crippen LogP contribution in [0.3, 0.4) is 0 Å². The molecular weight excluding hydrogens is 356 g/mol. The summed E-state index contributed by atoms with van der Waals surface area (Å²) in [5, 5.41) is 10.4. The fraction of sp³-hybridized carbons (Fsp3) is 0.500. The van der Waals surface area contributed by atoms with Gasteiger partial charge in [0.15, 0.2) is 0 Å². The van der Waals surface area contributed by atoms with Crippen molar-refractivity contribution in [3.8, 4) is 0 Å². The molecule has 6 nitrogen and oxygen atoms in total. The number of halogens is 1. The predicted molar refractivity (Wildman–Crippen MR) is 77.3 cm³/mol. The van der Waals surface area contributed by atoms with Crippen LogP contribution in [-0.2, 0) is 21.5 Å². The Kier molecular flexibility index (Phi) is 5.93. The molecule has 0 radical (unpaired) electrons. The Morgan fingerprint density at radius 1 is 1.42 bits per heavy atom. The SMILES string of the molecule is CN(CCC(=O)O)S(=O)(=O)N(C)Cc1cc(Br)cs1. The van der Waals surface area contributed by atoms with Crippen LogP contribution in [0, 0.1) is 0 Å². The minimum atomic E-state index is -3.63. The number of nitrogens with zero attached hydrogens (tertiary/aromatic N) is 2. The van der Waals surface area contributed by atoms with Gasteiger partial charge < -0.3 is 5.11 Å². The lowest BCUT2D eigenvalue weighted by molar-refractivity contribution is -0.137. The quantitative estimate of drug-likeness (QED) is 0.790. The maximum Gasteiger partial charge on any atom is 0.304 e. The second-order valence-corrected chi connectivity index (χ2v) is 8.01. The van der Waals surface area contributed by atoms with Gasteiger partial charge in [0.1, 0.15) is 0 Å². The third-order valence-electron chi connectivity index (χ3n) is 2.43. The summed E-state index contributed by atoms with van der Waals surface area (Å²) >= 11 is 4.77. The van der Waals surface area contributed by atoms with Crippen LogP contribution in [0.25, 0.3) is 0 Å². The molecule has 0 saturated carbocycles. The van der Waals surface area contributed by atoms with Gasteiger partial charge in [-0.3, -0.25) is 4.79 Å². The first-order valence-electron chi connectivity index (χ1n) is 5.36. The Labute approximate surface area is 125 Å². The third kappa shape index (κ3) is 4.84. The second kappa shape index (κ2) is 6.80. The Morgan fingerprint density at radius 3 is 2.53 bits per heavy atom. The molecule has 108 valence electrons. The molecule has 0 aromatic carbocycles. The number of rotatable bonds is 7. The predicted octanol–water partition coefficient (Wildman–Crippen LogP) is 1.59. The Balaban J connectivity index is 2.67. The largest absolute Gasteiger partial charge is 0.481 e. The van der Waals surface area contributed by atoms with Crippen molar-refractivity contribution in [1.82, 2.24) is 8.61 Å². The maximum atomic E-state index is 12.1. The number of hydrogen-bond acceptors (Lipinski definition) is 4. The van der Waals surface area contributed by atoms with E-state index in [-0.39, 0.29) is 19.5 Å². The fourth-order valence-corrected chi connectivity index (χ4v) is 4.03. The average molecular weight is 371 g/mol. The number of carboxylic acid groups (broad SMARTS) is 1. The molecule has 0 amide bonds. The summed E-state index contributed by atoms with van der Waals surface area (Å²) in [6.45, 7) is 0.214. The van der Waals surface area contributed by atoms with Crippen molar-refractivity contribution in [2.45, 2.75) is 13.0 Å². The van der Waals surface area contributed by atoms with Crippen molar-refractivity contribution in [2.75, 3.05) is 20.6 Å². The van der Waals surface area contributed by atoms with E-state index in [4.69, 9.17) is 5.11 Å². The van der Waals surface area contributed by atoms with E-state index >= 15 is 0 Å². The molecular formula is C10H15BrN2O4S2. The van der Waals surface area contributed by atoms with Gasteiger partial charge in [0.2, 0.25) is 0 Å². The first-order valence-corrected chi connectivity index (χ1v) is 8.42. The lowest BCUT2D eigenvalue weighted by atomic mass is 10.4. The molecule has 0 aliphatic carbocycles. The Morgan fingerprint density at radius 2 is 2.05 bits per heavy atom. The number of carbonyl (C=O) groups is 1. The highest BCUT2D eigenvalue weighted by Crippen LogP contribution is 2.22. The average Bonchev–Trinajstić information content (AvgIpc) is 2.71. The highest BCUT2D eigenvalue weighted by Gasteiger charge is 2.24. The number of carboxylic acids is 1. The first kappa shape index (κ1) is 16.6. The zero-order valence-electron chi connectivity index (χ0n) is 10.5. The molecule has 1 rings (SSSR count). The smallest absolute Gasteiger partial charge is 0.304 e. The van der Waals surface area contributed by atoms with E-state index in [1.54, 1.807) is 0 Å². The van der Waals surface area contributed by atoms with Gasteiger partial charge in [0.25, 0.3) is 10.2 Å². The molecule has 1 N–H and O–H groups in total. The van der Waals surface area contributed by atoms with Crippen LogP contribution in [0.15, 0.2) is 15.9 Å². The van der Waals surface area contributed by atoms with Crippen LogP contribution >= 0.6 is 27.3 Å². The second-order valence-electron chi connectivity index (χ2n) is 3.96. The summed E-state index contributed by atoms with van der Waals surface area (Å²) < 4.78 is 27.4. The number of aliphatic carboxylic acids is 1. The third-order valence-corrected chi connectivity index (χ3v) is 6.00. The van der Waals surface area contributed by atoms with E-state index in [1.807, 2.05) is 11.4 Å². The summed E-state index contributed by atoms with van der Waals surface area (Å²) in [6.07, 6.45) is -0.214. The maximum absolute atomic E-state index is 12.1. The lowest BCUT2D eigenvalue weighted by Crippen LogP contribution is -2.40. The molecule has 1 aromatic heterocycles. The van der Waals surface area contributed by atoms with Gasteiger partial charge in [0, 0.05) is 41.9 Å². The molecule has 19 heavy (non-hydrogen) atoms. The fourth-order valence-electron chi connectivity index (χ4n) is 1.34. The minimum Gasteiger partial charge on any atom is -0.481 e. The first-order chi connectivity index (χ1) is 8.73. The van der Waals surface area contributed by atoms with Gasteiger partial charge >= 0.3 is 5.97 Å². The lowest BCUT2D eigenvalue weighted by Gasteiger charge is -2.23. The molecule has 0 fully saturated rings. The topological polar surface area (TPSA) is 77.9 Å². The molecule has 0 saturated heterocycles. The zero-order valence-corrected chi connectivity index (χ0v) is 13.8. The highest BCUT2D eigenvalue weighted by molar-refractivity contribution is 9.10. The van der Waals surface area contributed by atoms with Crippen LogP contribution in [0.4, 0.5) is 0 Å². The Hall–Kier alpha value is -0.480. The highest BCUT2D eigenvalue weighted by atomic mass is 79.9. The van der Waals surface area contributed by atoms with Crippen LogP contribution in [-0.4, -0.2) is 48.7 Å². The van der Waals surface area contributed by atoms with Gasteiger partial charge in [-0.15, -0.1) is 11.3 Å². The monoisotopic (exact) mass is 370 g/mol. The molecule has 9 heteroatoms. The van der Waals surface area contributed by atoms with Crippen molar-refractivity contribution in [1.29, 1.82) is 0 Å². The molecule has 0 bridgehead atoms. The zero-order chi connectivity index (χ0) is 14.6.